The standard InChI is InChI=1S/C30H32ClN3O3/c1-37-25-11-19(10-23(31)28(25)36)18-4-5-24-21(9-18)26(22(14-33-24)27(35)17-2-3-17)34-29-20-7-15-6-16(8-20)13-30(29,32)12-15/h4-5,9-11,14-17,20,29,36H,2-3,6-8,12-13,32H2,1H3,(H,33,34). The summed E-state index contributed by atoms with van der Waals surface area (Å²) >= 11 is 6.31. The first kappa shape index (κ1) is 23.3. The number of ketones is 1. The van der Waals surface area contributed by atoms with Gasteiger partial charge in [-0.2, -0.15) is 0 Å². The summed E-state index contributed by atoms with van der Waals surface area (Å²) in [6.07, 6.45) is 9.53. The smallest absolute Gasteiger partial charge is 0.176 e. The SMILES string of the molecule is COc1cc(-c2ccc3ncc(C(=O)C4CC4)c(NC4C5CC6CC(C5)CC4(N)C6)c3c2)cc(Cl)c1O. The second kappa shape index (κ2) is 8.34. The molecule has 0 radical (unpaired) electrons. The van der Waals surface area contributed by atoms with Crippen LogP contribution in [0.2, 0.25) is 5.02 Å². The number of rotatable bonds is 6. The molecule has 5 aliphatic carbocycles. The molecule has 1 heterocycles. The van der Waals surface area contributed by atoms with Gasteiger partial charge in [0.25, 0.3) is 0 Å². The maximum absolute atomic E-state index is 13.4. The van der Waals surface area contributed by atoms with Crippen LogP contribution >= 0.6 is 11.6 Å². The monoisotopic (exact) mass is 517 g/mol. The van der Waals surface area contributed by atoms with Crippen LogP contribution in [0.25, 0.3) is 22.0 Å². The molecular weight excluding hydrogens is 486 g/mol. The maximum Gasteiger partial charge on any atom is 0.176 e. The van der Waals surface area contributed by atoms with Crippen LogP contribution in [0.3, 0.4) is 0 Å². The van der Waals surface area contributed by atoms with Gasteiger partial charge in [-0.05, 0) is 98.1 Å². The number of aromatic hydroxyl groups is 1. The molecule has 5 aliphatic rings. The summed E-state index contributed by atoms with van der Waals surface area (Å²) in [6, 6.07) is 9.67. The number of benzene rings is 2. The predicted octanol–water partition coefficient (Wildman–Crippen LogP) is 6.18. The summed E-state index contributed by atoms with van der Waals surface area (Å²) in [5.74, 6) is 2.51. The molecule has 0 aliphatic heterocycles. The second-order valence-electron chi connectivity index (χ2n) is 11.9. The lowest BCUT2D eigenvalue weighted by Gasteiger charge is -2.60. The van der Waals surface area contributed by atoms with Crippen molar-refractivity contribution < 1.29 is 14.6 Å². The fourth-order valence-electron chi connectivity index (χ4n) is 7.70. The number of methoxy groups -OCH3 is 1. The van der Waals surface area contributed by atoms with Crippen molar-refractivity contribution in [1.29, 1.82) is 0 Å². The zero-order valence-corrected chi connectivity index (χ0v) is 21.7. The van der Waals surface area contributed by atoms with Gasteiger partial charge in [-0.15, -0.1) is 0 Å². The number of ether oxygens (including phenoxy) is 1. The van der Waals surface area contributed by atoms with Crippen LogP contribution in [0, 0.1) is 23.7 Å². The molecular formula is C30H32ClN3O3. The lowest BCUT2D eigenvalue weighted by Crippen LogP contribution is -2.67. The highest BCUT2D eigenvalue weighted by Crippen LogP contribution is 2.56. The molecule has 3 aromatic rings. The third kappa shape index (κ3) is 3.79. The van der Waals surface area contributed by atoms with Gasteiger partial charge < -0.3 is 20.9 Å². The summed E-state index contributed by atoms with van der Waals surface area (Å²) in [5.41, 5.74) is 11.0. The molecule has 5 fully saturated rings. The quantitative estimate of drug-likeness (QED) is 0.338. The minimum atomic E-state index is -0.236. The number of halogens is 1. The van der Waals surface area contributed by atoms with Gasteiger partial charge in [-0.25, -0.2) is 0 Å². The van der Waals surface area contributed by atoms with E-state index in [-0.39, 0.29) is 34.1 Å². The number of carbonyl (C=O) groups excluding carboxylic acids is 1. The van der Waals surface area contributed by atoms with Crippen molar-refractivity contribution in [3.05, 3.63) is 47.1 Å². The Morgan fingerprint density at radius 2 is 1.89 bits per heavy atom. The normalized spacial score (nSPS) is 30.0. The van der Waals surface area contributed by atoms with Crippen molar-refractivity contribution in [2.24, 2.45) is 29.4 Å². The Balaban J connectivity index is 1.36. The molecule has 7 heteroatoms. The number of phenols is 1. The minimum absolute atomic E-state index is 0.0785. The number of nitrogens with zero attached hydrogens (tertiary/aromatic N) is 1. The lowest BCUT2D eigenvalue weighted by molar-refractivity contribution is -0.0117. The molecule has 1 aromatic heterocycles. The third-order valence-electron chi connectivity index (χ3n) is 9.33. The van der Waals surface area contributed by atoms with Gasteiger partial charge in [0.2, 0.25) is 0 Å². The average Bonchev–Trinajstić information content (AvgIpc) is 3.72. The number of fused-ring (bicyclic) bond motifs is 1. The highest BCUT2D eigenvalue weighted by Gasteiger charge is 2.55. The molecule has 0 spiro atoms. The van der Waals surface area contributed by atoms with Crippen molar-refractivity contribution in [2.75, 3.05) is 12.4 Å². The molecule has 3 atom stereocenters. The molecule has 8 rings (SSSR count). The Kier molecular flexibility index (Phi) is 5.25. The summed E-state index contributed by atoms with van der Waals surface area (Å²) in [7, 11) is 1.50. The van der Waals surface area contributed by atoms with Gasteiger partial charge in [-0.3, -0.25) is 9.78 Å². The molecule has 4 N–H and O–H groups in total. The minimum Gasteiger partial charge on any atom is -0.503 e. The van der Waals surface area contributed by atoms with Gasteiger partial charge >= 0.3 is 0 Å². The van der Waals surface area contributed by atoms with Gasteiger partial charge in [-0.1, -0.05) is 17.7 Å². The number of phenolic OH excluding ortho intramolecular Hbond substituents is 1. The van der Waals surface area contributed by atoms with E-state index in [1.807, 2.05) is 12.1 Å². The highest BCUT2D eigenvalue weighted by molar-refractivity contribution is 6.32. The predicted molar refractivity (Wildman–Crippen MR) is 145 cm³/mol. The Labute approximate surface area is 221 Å². The molecule has 6 nitrogen and oxygen atoms in total. The van der Waals surface area contributed by atoms with E-state index in [0.717, 1.165) is 65.2 Å². The van der Waals surface area contributed by atoms with Gasteiger partial charge in [0, 0.05) is 29.1 Å². The van der Waals surface area contributed by atoms with Crippen LogP contribution in [-0.4, -0.2) is 34.6 Å². The average molecular weight is 518 g/mol. The second-order valence-corrected chi connectivity index (χ2v) is 12.3. The van der Waals surface area contributed by atoms with E-state index in [1.165, 1.54) is 26.4 Å². The summed E-state index contributed by atoms with van der Waals surface area (Å²) < 4.78 is 5.33. The van der Waals surface area contributed by atoms with Crippen LogP contribution < -0.4 is 15.8 Å². The third-order valence-corrected chi connectivity index (χ3v) is 9.62. The number of Topliss-reactive ketones (excluding diaryl/α,β-unsaturated/α-hetero) is 1. The van der Waals surface area contributed by atoms with E-state index in [9.17, 15) is 9.90 Å². The number of hydrogen-bond acceptors (Lipinski definition) is 6. The zero-order valence-electron chi connectivity index (χ0n) is 21.0. The van der Waals surface area contributed by atoms with Crippen molar-refractivity contribution in [3.8, 4) is 22.6 Å². The Hall–Kier alpha value is -2.83. The van der Waals surface area contributed by atoms with Crippen molar-refractivity contribution in [1.82, 2.24) is 4.98 Å². The zero-order chi connectivity index (χ0) is 25.5. The number of pyridine rings is 1. The number of nitrogens with two attached hydrogens (primary N) is 1. The first-order chi connectivity index (χ1) is 17.8. The summed E-state index contributed by atoms with van der Waals surface area (Å²) in [5, 5.41) is 15.2. The first-order valence-corrected chi connectivity index (χ1v) is 13.8. The van der Waals surface area contributed by atoms with Crippen LogP contribution in [0.1, 0.15) is 55.3 Å². The van der Waals surface area contributed by atoms with Crippen LogP contribution in [0.5, 0.6) is 11.5 Å². The Morgan fingerprint density at radius 3 is 2.57 bits per heavy atom. The van der Waals surface area contributed by atoms with E-state index >= 15 is 0 Å². The molecule has 5 saturated carbocycles. The number of hydrogen-bond donors (Lipinski definition) is 3. The molecule has 0 amide bonds. The number of nitrogens with one attached hydrogen (secondary N) is 1. The highest BCUT2D eigenvalue weighted by atomic mass is 35.5. The molecule has 37 heavy (non-hydrogen) atoms. The van der Waals surface area contributed by atoms with Crippen molar-refractivity contribution in [2.45, 2.75) is 56.5 Å². The van der Waals surface area contributed by atoms with Gasteiger partial charge in [0.1, 0.15) is 0 Å². The van der Waals surface area contributed by atoms with Gasteiger partial charge in [0.05, 0.1) is 28.9 Å². The Morgan fingerprint density at radius 1 is 1.14 bits per heavy atom. The van der Waals surface area contributed by atoms with E-state index in [1.54, 1.807) is 18.3 Å². The van der Waals surface area contributed by atoms with Crippen LogP contribution in [-0.2, 0) is 0 Å². The summed E-state index contributed by atoms with van der Waals surface area (Å²) in [4.78, 5) is 18.1. The Bertz CT molecular complexity index is 1420. The fourth-order valence-corrected chi connectivity index (χ4v) is 7.91. The fraction of sp³-hybridized carbons (Fsp3) is 0.467. The molecule has 4 bridgehead atoms. The van der Waals surface area contributed by atoms with E-state index in [2.05, 4.69) is 11.4 Å². The van der Waals surface area contributed by atoms with Crippen molar-refractivity contribution in [3.63, 3.8) is 0 Å². The first-order valence-electron chi connectivity index (χ1n) is 13.4. The number of carbonyl (C=O) groups is 1. The topological polar surface area (TPSA) is 97.5 Å². The number of anilines is 1. The molecule has 0 saturated heterocycles. The number of aromatic nitrogens is 1. The lowest BCUT2D eigenvalue weighted by atomic mass is 9.51. The van der Waals surface area contributed by atoms with Crippen molar-refractivity contribution >= 4 is 34.0 Å². The summed E-state index contributed by atoms with van der Waals surface area (Å²) in [6.45, 7) is 0. The molecule has 192 valence electrons. The van der Waals surface area contributed by atoms with Crippen LogP contribution in [0.15, 0.2) is 36.5 Å². The maximum atomic E-state index is 13.4. The largest absolute Gasteiger partial charge is 0.503 e. The molecule has 2 aromatic carbocycles. The van der Waals surface area contributed by atoms with E-state index < -0.39 is 0 Å². The van der Waals surface area contributed by atoms with E-state index in [0.29, 0.717) is 17.2 Å². The van der Waals surface area contributed by atoms with E-state index in [4.69, 9.17) is 27.1 Å². The van der Waals surface area contributed by atoms with Gasteiger partial charge in [0.15, 0.2) is 17.3 Å². The van der Waals surface area contributed by atoms with Crippen LogP contribution in [0.4, 0.5) is 5.69 Å². The molecule has 3 unspecified atom stereocenters.